The molecule has 4 rings (SSSR count). The van der Waals surface area contributed by atoms with Crippen LogP contribution in [0.1, 0.15) is 11.1 Å². The van der Waals surface area contributed by atoms with Crippen molar-refractivity contribution in [2.75, 3.05) is 5.32 Å². The molecule has 2 aromatic carbocycles. The Bertz CT molecular complexity index is 1180. The summed E-state index contributed by atoms with van der Waals surface area (Å²) >= 11 is 8.40. The van der Waals surface area contributed by atoms with Gasteiger partial charge in [0.2, 0.25) is 0 Å². The Balaban J connectivity index is 1.83. The number of rotatable bonds is 4. The van der Waals surface area contributed by atoms with Gasteiger partial charge in [-0.2, -0.15) is 0 Å². The van der Waals surface area contributed by atoms with E-state index in [9.17, 15) is 4.39 Å². The molecule has 0 aliphatic heterocycles. The zero-order chi connectivity index (χ0) is 19.7. The Kier molecular flexibility index (Phi) is 5.41. The van der Waals surface area contributed by atoms with E-state index < -0.39 is 5.82 Å². The molecule has 140 valence electrons. The molecule has 0 bridgehead atoms. The number of nitrogens with zero attached hydrogens (tertiary/aromatic N) is 3. The molecule has 0 amide bonds. The Labute approximate surface area is 180 Å². The molecule has 0 spiro atoms. The molecule has 0 atom stereocenters. The molecule has 0 aliphatic carbocycles. The van der Waals surface area contributed by atoms with E-state index >= 15 is 0 Å². The average Bonchev–Trinajstić information content (AvgIpc) is 2.69. The molecule has 1 N–H and O–H groups in total. The quantitative estimate of drug-likeness (QED) is 0.273. The highest BCUT2D eigenvalue weighted by Crippen LogP contribution is 2.32. The monoisotopic (exact) mass is 504 g/mol. The first-order chi connectivity index (χ1) is 13.5. The summed E-state index contributed by atoms with van der Waals surface area (Å²) in [5, 5.41) is 4.70. The highest BCUT2D eigenvalue weighted by atomic mass is 127. The third-order valence-electron chi connectivity index (χ3n) is 4.42. The van der Waals surface area contributed by atoms with Crippen LogP contribution in [0.2, 0.25) is 5.02 Å². The van der Waals surface area contributed by atoms with E-state index in [1.807, 2.05) is 72.0 Å². The van der Waals surface area contributed by atoms with Crippen LogP contribution < -0.4 is 5.32 Å². The van der Waals surface area contributed by atoms with Crippen LogP contribution in [-0.4, -0.2) is 15.0 Å². The van der Waals surface area contributed by atoms with Crippen LogP contribution in [0.3, 0.4) is 0 Å². The predicted molar refractivity (Wildman–Crippen MR) is 119 cm³/mol. The number of hydrogen-bond acceptors (Lipinski definition) is 4. The van der Waals surface area contributed by atoms with Crippen LogP contribution in [0.4, 0.5) is 10.2 Å². The molecule has 28 heavy (non-hydrogen) atoms. The smallest absolute Gasteiger partial charge is 0.192 e. The van der Waals surface area contributed by atoms with Crippen molar-refractivity contribution < 1.29 is 4.39 Å². The van der Waals surface area contributed by atoms with Crippen molar-refractivity contribution in [3.8, 4) is 11.3 Å². The SMILES string of the molecule is Cc1cccc2cc(CNc3nc(I)ncc3F)c(-c3ccccc3Cl)nc12. The van der Waals surface area contributed by atoms with Gasteiger partial charge in [-0.15, -0.1) is 0 Å². The van der Waals surface area contributed by atoms with Gasteiger partial charge in [0.15, 0.2) is 15.5 Å². The van der Waals surface area contributed by atoms with Gasteiger partial charge in [0, 0.05) is 45.1 Å². The third-order valence-corrected chi connectivity index (χ3v) is 5.27. The average molecular weight is 505 g/mol. The van der Waals surface area contributed by atoms with Gasteiger partial charge in [-0.05, 0) is 30.2 Å². The maximum absolute atomic E-state index is 14.0. The fourth-order valence-corrected chi connectivity index (χ4v) is 3.67. The molecule has 0 unspecified atom stereocenters. The second-order valence-electron chi connectivity index (χ2n) is 6.31. The number of aryl methyl sites for hydroxylation is 1. The summed E-state index contributed by atoms with van der Waals surface area (Å²) < 4.78 is 14.5. The summed E-state index contributed by atoms with van der Waals surface area (Å²) in [4.78, 5) is 12.9. The molecule has 2 heterocycles. The molecular formula is C21H15ClFIN4. The van der Waals surface area contributed by atoms with Crippen molar-refractivity contribution in [1.29, 1.82) is 0 Å². The summed E-state index contributed by atoms with van der Waals surface area (Å²) in [6.07, 6.45) is 1.16. The molecule has 0 aliphatic rings. The van der Waals surface area contributed by atoms with Crippen molar-refractivity contribution >= 4 is 50.9 Å². The zero-order valence-corrected chi connectivity index (χ0v) is 17.8. The number of nitrogens with one attached hydrogen (secondary N) is 1. The van der Waals surface area contributed by atoms with Crippen LogP contribution in [0.25, 0.3) is 22.2 Å². The van der Waals surface area contributed by atoms with E-state index in [4.69, 9.17) is 16.6 Å². The minimum absolute atomic E-state index is 0.161. The molecule has 0 radical (unpaired) electrons. The summed E-state index contributed by atoms with van der Waals surface area (Å²) in [7, 11) is 0. The van der Waals surface area contributed by atoms with Crippen LogP contribution in [0.15, 0.2) is 54.7 Å². The number of benzene rings is 2. The standard InChI is InChI=1S/C21H15ClFIN4/c1-12-5-4-6-13-9-14(10-25-20-17(23)11-26-21(24)28-20)19(27-18(12)13)15-7-2-3-8-16(15)22/h2-9,11H,10H2,1H3,(H,25,26,28). The van der Waals surface area contributed by atoms with E-state index in [0.29, 0.717) is 15.4 Å². The van der Waals surface area contributed by atoms with Crippen molar-refractivity contribution in [1.82, 2.24) is 15.0 Å². The Morgan fingerprint density at radius 1 is 1.11 bits per heavy atom. The van der Waals surface area contributed by atoms with E-state index in [2.05, 4.69) is 21.4 Å². The predicted octanol–water partition coefficient (Wildman–Crippen LogP) is 6.01. The summed E-state index contributed by atoms with van der Waals surface area (Å²) in [5.41, 5.74) is 4.51. The molecule has 7 heteroatoms. The van der Waals surface area contributed by atoms with Gasteiger partial charge in [0.05, 0.1) is 17.4 Å². The van der Waals surface area contributed by atoms with Gasteiger partial charge < -0.3 is 5.32 Å². The third kappa shape index (κ3) is 3.79. The normalized spacial score (nSPS) is 11.0. The zero-order valence-electron chi connectivity index (χ0n) is 14.9. The van der Waals surface area contributed by atoms with Crippen molar-refractivity contribution in [3.63, 3.8) is 0 Å². The van der Waals surface area contributed by atoms with Crippen LogP contribution in [-0.2, 0) is 6.54 Å². The van der Waals surface area contributed by atoms with E-state index in [1.54, 1.807) is 0 Å². The summed E-state index contributed by atoms with van der Waals surface area (Å²) in [5.74, 6) is -0.335. The molecule has 0 saturated carbocycles. The van der Waals surface area contributed by atoms with Crippen molar-refractivity contribution in [3.05, 3.63) is 80.5 Å². The second kappa shape index (κ2) is 7.97. The maximum Gasteiger partial charge on any atom is 0.192 e. The number of pyridine rings is 1. The number of hydrogen-bond donors (Lipinski definition) is 1. The molecule has 2 aromatic heterocycles. The van der Waals surface area contributed by atoms with Gasteiger partial charge in [0.25, 0.3) is 0 Å². The van der Waals surface area contributed by atoms with E-state index in [0.717, 1.165) is 39.5 Å². The largest absolute Gasteiger partial charge is 0.363 e. The molecular weight excluding hydrogens is 490 g/mol. The molecule has 4 nitrogen and oxygen atoms in total. The first kappa shape index (κ1) is 19.0. The number of aromatic nitrogens is 3. The van der Waals surface area contributed by atoms with Gasteiger partial charge in [-0.1, -0.05) is 48.0 Å². The van der Waals surface area contributed by atoms with E-state index in [-0.39, 0.29) is 5.82 Å². The topological polar surface area (TPSA) is 50.7 Å². The van der Waals surface area contributed by atoms with Gasteiger partial charge in [-0.25, -0.2) is 19.3 Å². The van der Waals surface area contributed by atoms with Gasteiger partial charge in [-0.3, -0.25) is 0 Å². The highest BCUT2D eigenvalue weighted by molar-refractivity contribution is 14.1. The molecule has 0 saturated heterocycles. The van der Waals surface area contributed by atoms with Crippen LogP contribution in [0, 0.1) is 16.6 Å². The van der Waals surface area contributed by atoms with Crippen LogP contribution >= 0.6 is 34.2 Å². The molecule has 0 fully saturated rings. The lowest BCUT2D eigenvalue weighted by atomic mass is 10.0. The number of fused-ring (bicyclic) bond motifs is 1. The lowest BCUT2D eigenvalue weighted by Gasteiger charge is -2.14. The van der Waals surface area contributed by atoms with Gasteiger partial charge in [0.1, 0.15) is 0 Å². The number of para-hydroxylation sites is 1. The lowest BCUT2D eigenvalue weighted by Crippen LogP contribution is -2.07. The lowest BCUT2D eigenvalue weighted by molar-refractivity contribution is 0.614. The summed E-state index contributed by atoms with van der Waals surface area (Å²) in [6, 6.07) is 15.7. The minimum atomic E-state index is -0.496. The Morgan fingerprint density at radius 3 is 2.75 bits per heavy atom. The van der Waals surface area contributed by atoms with Crippen molar-refractivity contribution in [2.24, 2.45) is 0 Å². The Hall–Kier alpha value is -2.32. The number of halogens is 3. The first-order valence-electron chi connectivity index (χ1n) is 8.59. The minimum Gasteiger partial charge on any atom is -0.363 e. The van der Waals surface area contributed by atoms with Gasteiger partial charge >= 0.3 is 0 Å². The Morgan fingerprint density at radius 2 is 1.93 bits per heavy atom. The van der Waals surface area contributed by atoms with E-state index in [1.165, 1.54) is 0 Å². The fraction of sp³-hybridized carbons (Fsp3) is 0.0952. The first-order valence-corrected chi connectivity index (χ1v) is 10.0. The second-order valence-corrected chi connectivity index (χ2v) is 7.68. The summed E-state index contributed by atoms with van der Waals surface area (Å²) in [6.45, 7) is 2.38. The number of anilines is 1. The highest BCUT2D eigenvalue weighted by Gasteiger charge is 2.14. The van der Waals surface area contributed by atoms with Crippen LogP contribution in [0.5, 0.6) is 0 Å². The maximum atomic E-state index is 14.0. The van der Waals surface area contributed by atoms with Crippen molar-refractivity contribution in [2.45, 2.75) is 13.5 Å². The fourth-order valence-electron chi connectivity index (χ4n) is 3.06. The molecule has 4 aromatic rings.